The van der Waals surface area contributed by atoms with Crippen LogP contribution in [0.5, 0.6) is 0 Å². The van der Waals surface area contributed by atoms with Gasteiger partial charge in [-0.25, -0.2) is 13.6 Å². The van der Waals surface area contributed by atoms with Crippen LogP contribution in [0.2, 0.25) is 0 Å². The predicted molar refractivity (Wildman–Crippen MR) is 60.4 cm³/mol. The van der Waals surface area contributed by atoms with Gasteiger partial charge in [-0.05, 0) is 17.7 Å². The van der Waals surface area contributed by atoms with Crippen molar-refractivity contribution in [2.24, 2.45) is 5.14 Å². The van der Waals surface area contributed by atoms with Crippen LogP contribution >= 0.6 is 12.6 Å². The highest BCUT2D eigenvalue weighted by atomic mass is 32.2. The first kappa shape index (κ1) is 12.2. The standard InChI is InChI=1S/C9H11NO3S2/c10-15(12,13)9-3-1-7(2-4-9)5-8(11)6-14/h1-4,14H,5-6H2,(H2,10,12,13). The molecule has 0 saturated carbocycles. The third kappa shape index (κ3) is 3.65. The van der Waals surface area contributed by atoms with Crippen molar-refractivity contribution < 1.29 is 13.2 Å². The lowest BCUT2D eigenvalue weighted by Gasteiger charge is -2.01. The van der Waals surface area contributed by atoms with E-state index in [1.807, 2.05) is 0 Å². The number of benzene rings is 1. The van der Waals surface area contributed by atoms with Gasteiger partial charge in [-0.2, -0.15) is 12.6 Å². The Bertz CT molecular complexity index is 451. The Morgan fingerprint density at radius 2 is 1.80 bits per heavy atom. The second kappa shape index (κ2) is 4.78. The van der Waals surface area contributed by atoms with Crippen LogP contribution in [-0.4, -0.2) is 20.0 Å². The largest absolute Gasteiger partial charge is 0.298 e. The van der Waals surface area contributed by atoms with Crippen molar-refractivity contribution in [2.45, 2.75) is 11.3 Å². The Hall–Kier alpha value is -0.850. The normalized spacial score (nSPS) is 11.3. The Labute approximate surface area is 93.9 Å². The van der Waals surface area contributed by atoms with Crippen molar-refractivity contribution in [1.29, 1.82) is 0 Å². The minimum absolute atomic E-state index is 0.0123. The molecule has 0 aliphatic carbocycles. The summed E-state index contributed by atoms with van der Waals surface area (Å²) in [5.74, 6) is 0.165. The highest BCUT2D eigenvalue weighted by molar-refractivity contribution is 7.89. The van der Waals surface area contributed by atoms with E-state index in [2.05, 4.69) is 12.6 Å². The summed E-state index contributed by atoms with van der Waals surface area (Å²) in [6.45, 7) is 0. The Kier molecular flexibility index (Phi) is 3.90. The van der Waals surface area contributed by atoms with Crippen molar-refractivity contribution in [2.75, 3.05) is 5.75 Å². The molecule has 0 unspecified atom stereocenters. The van der Waals surface area contributed by atoms with E-state index in [4.69, 9.17) is 5.14 Å². The maximum atomic E-state index is 11.0. The monoisotopic (exact) mass is 245 g/mol. The lowest BCUT2D eigenvalue weighted by Crippen LogP contribution is -2.12. The molecule has 1 rings (SSSR count). The van der Waals surface area contributed by atoms with Gasteiger partial charge in [0, 0.05) is 12.2 Å². The van der Waals surface area contributed by atoms with E-state index >= 15 is 0 Å². The summed E-state index contributed by atoms with van der Waals surface area (Å²) in [6, 6.07) is 5.91. The van der Waals surface area contributed by atoms with E-state index in [9.17, 15) is 13.2 Å². The number of sulfonamides is 1. The molecule has 0 aliphatic rings. The zero-order valence-electron chi connectivity index (χ0n) is 7.88. The van der Waals surface area contributed by atoms with Gasteiger partial charge in [0.25, 0.3) is 0 Å². The van der Waals surface area contributed by atoms with Crippen LogP contribution in [0.4, 0.5) is 0 Å². The number of thiol groups is 1. The van der Waals surface area contributed by atoms with Crippen LogP contribution in [-0.2, 0) is 21.2 Å². The Balaban J connectivity index is 2.86. The molecule has 0 radical (unpaired) electrons. The SMILES string of the molecule is NS(=O)(=O)c1ccc(CC(=O)CS)cc1. The van der Waals surface area contributed by atoms with Gasteiger partial charge < -0.3 is 0 Å². The van der Waals surface area contributed by atoms with E-state index in [1.165, 1.54) is 12.1 Å². The minimum Gasteiger partial charge on any atom is -0.298 e. The predicted octanol–water partition coefficient (Wildman–Crippen LogP) is 0.375. The zero-order chi connectivity index (χ0) is 11.5. The molecule has 0 heterocycles. The summed E-state index contributed by atoms with van der Waals surface area (Å²) in [5.41, 5.74) is 0.751. The fraction of sp³-hybridized carbons (Fsp3) is 0.222. The number of hydrogen-bond acceptors (Lipinski definition) is 4. The molecule has 0 bridgehead atoms. The van der Waals surface area contributed by atoms with E-state index < -0.39 is 10.0 Å². The van der Waals surface area contributed by atoms with Crippen molar-refractivity contribution in [3.63, 3.8) is 0 Å². The van der Waals surface area contributed by atoms with Gasteiger partial charge in [-0.15, -0.1) is 0 Å². The number of Topliss-reactive ketones (excluding diaryl/α,β-unsaturated/α-hetero) is 1. The first-order chi connectivity index (χ1) is 6.93. The summed E-state index contributed by atoms with van der Waals surface area (Å²) in [7, 11) is -3.65. The fourth-order valence-corrected chi connectivity index (χ4v) is 1.71. The number of nitrogens with two attached hydrogens (primary N) is 1. The number of carbonyl (C=O) groups excluding carboxylic acids is 1. The summed E-state index contributed by atoms with van der Waals surface area (Å²) < 4.78 is 21.8. The summed E-state index contributed by atoms with van der Waals surface area (Å²) in [6.07, 6.45) is 0.258. The van der Waals surface area contributed by atoms with Gasteiger partial charge in [0.15, 0.2) is 0 Å². The molecule has 15 heavy (non-hydrogen) atoms. The molecule has 0 saturated heterocycles. The summed E-state index contributed by atoms with van der Waals surface area (Å²) >= 11 is 3.85. The molecular weight excluding hydrogens is 234 g/mol. The Morgan fingerprint density at radius 1 is 1.27 bits per heavy atom. The molecule has 0 atom stereocenters. The first-order valence-electron chi connectivity index (χ1n) is 4.18. The van der Waals surface area contributed by atoms with Crippen LogP contribution < -0.4 is 5.14 Å². The van der Waals surface area contributed by atoms with Gasteiger partial charge in [-0.1, -0.05) is 12.1 Å². The number of ketones is 1. The quantitative estimate of drug-likeness (QED) is 0.753. The van der Waals surface area contributed by atoms with E-state index in [0.29, 0.717) is 0 Å². The molecule has 1 aromatic rings. The van der Waals surface area contributed by atoms with Crippen molar-refractivity contribution in [3.8, 4) is 0 Å². The van der Waals surface area contributed by atoms with Crippen molar-refractivity contribution in [1.82, 2.24) is 0 Å². The molecule has 0 amide bonds. The second-order valence-corrected chi connectivity index (χ2v) is 4.94. The third-order valence-corrected chi connectivity index (χ3v) is 3.11. The maximum absolute atomic E-state index is 11.0. The van der Waals surface area contributed by atoms with Crippen LogP contribution in [0.3, 0.4) is 0 Å². The highest BCUT2D eigenvalue weighted by Gasteiger charge is 2.07. The molecule has 0 spiro atoms. The van der Waals surface area contributed by atoms with Crippen molar-refractivity contribution in [3.05, 3.63) is 29.8 Å². The molecule has 2 N–H and O–H groups in total. The molecule has 1 aromatic carbocycles. The van der Waals surface area contributed by atoms with Gasteiger partial charge >= 0.3 is 0 Å². The number of hydrogen-bond donors (Lipinski definition) is 2. The summed E-state index contributed by atoms with van der Waals surface area (Å²) in [4.78, 5) is 11.1. The van der Waals surface area contributed by atoms with Crippen molar-refractivity contribution >= 4 is 28.4 Å². The number of rotatable bonds is 4. The second-order valence-electron chi connectivity index (χ2n) is 3.06. The molecule has 4 nitrogen and oxygen atoms in total. The van der Waals surface area contributed by atoms with E-state index in [1.54, 1.807) is 12.1 Å². The number of primary sulfonamides is 1. The Morgan fingerprint density at radius 3 is 2.20 bits per heavy atom. The van der Waals surface area contributed by atoms with Gasteiger partial charge in [0.2, 0.25) is 10.0 Å². The molecule has 0 fully saturated rings. The maximum Gasteiger partial charge on any atom is 0.238 e. The van der Waals surface area contributed by atoms with Crippen LogP contribution in [0, 0.1) is 0 Å². The van der Waals surface area contributed by atoms with Gasteiger partial charge in [0.05, 0.1) is 4.90 Å². The van der Waals surface area contributed by atoms with E-state index in [-0.39, 0.29) is 22.9 Å². The molecular formula is C9H11NO3S2. The topological polar surface area (TPSA) is 77.2 Å². The van der Waals surface area contributed by atoms with Crippen LogP contribution in [0.15, 0.2) is 29.2 Å². The van der Waals surface area contributed by atoms with Crippen LogP contribution in [0.1, 0.15) is 5.56 Å². The minimum atomic E-state index is -3.65. The molecule has 6 heteroatoms. The van der Waals surface area contributed by atoms with Gasteiger partial charge in [-0.3, -0.25) is 4.79 Å². The molecule has 0 aromatic heterocycles. The third-order valence-electron chi connectivity index (χ3n) is 1.83. The first-order valence-corrected chi connectivity index (χ1v) is 6.35. The number of carbonyl (C=O) groups is 1. The fourth-order valence-electron chi connectivity index (χ4n) is 1.08. The average Bonchev–Trinajstić information content (AvgIpc) is 2.17. The average molecular weight is 245 g/mol. The van der Waals surface area contributed by atoms with E-state index in [0.717, 1.165) is 5.56 Å². The van der Waals surface area contributed by atoms with Gasteiger partial charge in [0.1, 0.15) is 5.78 Å². The lowest BCUT2D eigenvalue weighted by molar-refractivity contribution is -0.115. The zero-order valence-corrected chi connectivity index (χ0v) is 9.59. The summed E-state index contributed by atoms with van der Waals surface area (Å²) in [5, 5.41) is 4.93. The van der Waals surface area contributed by atoms with Crippen LogP contribution in [0.25, 0.3) is 0 Å². The molecule has 82 valence electrons. The molecule has 0 aliphatic heterocycles. The smallest absolute Gasteiger partial charge is 0.238 e. The lowest BCUT2D eigenvalue weighted by atomic mass is 10.1. The highest BCUT2D eigenvalue weighted by Crippen LogP contribution is 2.09.